The van der Waals surface area contributed by atoms with Crippen molar-refractivity contribution >= 4 is 11.8 Å². The molecule has 1 aromatic heterocycles. The quantitative estimate of drug-likeness (QED) is 0.520. The molecule has 6 nitrogen and oxygen atoms in total. The molecular weight excluding hydrogens is 248 g/mol. The van der Waals surface area contributed by atoms with Gasteiger partial charge in [-0.05, 0) is 50.3 Å². The minimum Gasteiger partial charge on any atom is -0.312 e. The first-order valence-electron chi connectivity index (χ1n) is 6.53. The number of thioether (sulfide) groups is 1. The van der Waals surface area contributed by atoms with E-state index < -0.39 is 0 Å². The van der Waals surface area contributed by atoms with E-state index in [0.29, 0.717) is 0 Å². The molecule has 0 saturated heterocycles. The summed E-state index contributed by atoms with van der Waals surface area (Å²) in [5, 5.41) is 16.3. The van der Waals surface area contributed by atoms with Crippen LogP contribution >= 0.6 is 11.8 Å². The lowest BCUT2D eigenvalue weighted by Crippen LogP contribution is -2.22. The molecule has 2 rings (SSSR count). The Bertz CT molecular complexity index is 349. The molecular formula is C11H22N6S. The first-order valence-corrected chi connectivity index (χ1v) is 7.51. The Morgan fingerprint density at radius 3 is 3.00 bits per heavy atom. The minimum atomic E-state index is 0.748. The van der Waals surface area contributed by atoms with Crippen LogP contribution in [0.1, 0.15) is 19.3 Å². The maximum atomic E-state index is 4.07. The van der Waals surface area contributed by atoms with Gasteiger partial charge in [-0.3, -0.25) is 0 Å². The van der Waals surface area contributed by atoms with Crippen LogP contribution in [-0.2, 0) is 6.54 Å². The highest BCUT2D eigenvalue weighted by atomic mass is 32.2. The number of hydrogen-bond donors (Lipinski definition) is 1. The van der Waals surface area contributed by atoms with Crippen molar-refractivity contribution in [3.8, 4) is 0 Å². The summed E-state index contributed by atoms with van der Waals surface area (Å²) in [4.78, 5) is 2.20. The standard InChI is InChI=1S/C11H22N6S/c1-16(2)7-3-9-18-11-13-14-15-17(11)8-6-12-10-4-5-10/h10,12H,3-9H2,1-2H3. The molecule has 0 amide bonds. The molecule has 1 aliphatic rings. The summed E-state index contributed by atoms with van der Waals surface area (Å²) in [6.45, 7) is 2.93. The average Bonchev–Trinajstić information content (AvgIpc) is 3.04. The van der Waals surface area contributed by atoms with E-state index in [4.69, 9.17) is 0 Å². The van der Waals surface area contributed by atoms with Crippen LogP contribution in [0.25, 0.3) is 0 Å². The third kappa shape index (κ3) is 4.91. The van der Waals surface area contributed by atoms with Crippen molar-refractivity contribution in [2.45, 2.75) is 37.0 Å². The Morgan fingerprint density at radius 1 is 1.44 bits per heavy atom. The van der Waals surface area contributed by atoms with Crippen molar-refractivity contribution in [1.82, 2.24) is 30.4 Å². The van der Waals surface area contributed by atoms with E-state index in [9.17, 15) is 0 Å². The minimum absolute atomic E-state index is 0.748. The largest absolute Gasteiger partial charge is 0.312 e. The molecule has 7 heteroatoms. The third-order valence-electron chi connectivity index (χ3n) is 2.81. The summed E-state index contributed by atoms with van der Waals surface area (Å²) in [6.07, 6.45) is 3.80. The Hall–Kier alpha value is -0.660. The Morgan fingerprint density at radius 2 is 2.28 bits per heavy atom. The molecule has 1 aliphatic carbocycles. The molecule has 0 aromatic carbocycles. The number of nitrogens with zero attached hydrogens (tertiary/aromatic N) is 5. The maximum absolute atomic E-state index is 4.07. The predicted octanol–water partition coefficient (Wildman–Crippen LogP) is 0.469. The SMILES string of the molecule is CN(C)CCCSc1nnnn1CCNC1CC1. The second kappa shape index (κ2) is 7.06. The van der Waals surface area contributed by atoms with E-state index in [-0.39, 0.29) is 0 Å². The number of tetrazole rings is 1. The van der Waals surface area contributed by atoms with Crippen molar-refractivity contribution in [1.29, 1.82) is 0 Å². The second-order valence-corrected chi connectivity index (χ2v) is 5.98. The summed E-state index contributed by atoms with van der Waals surface area (Å²) in [5.41, 5.74) is 0. The summed E-state index contributed by atoms with van der Waals surface area (Å²) in [7, 11) is 4.19. The van der Waals surface area contributed by atoms with E-state index in [1.807, 2.05) is 4.68 Å². The molecule has 0 spiro atoms. The third-order valence-corrected chi connectivity index (χ3v) is 3.86. The molecule has 1 N–H and O–H groups in total. The van der Waals surface area contributed by atoms with E-state index in [1.54, 1.807) is 11.8 Å². The van der Waals surface area contributed by atoms with Crippen molar-refractivity contribution in [3.63, 3.8) is 0 Å². The van der Waals surface area contributed by atoms with Crippen LogP contribution in [0.4, 0.5) is 0 Å². The highest BCUT2D eigenvalue weighted by Gasteiger charge is 2.19. The van der Waals surface area contributed by atoms with Gasteiger partial charge in [-0.25, -0.2) is 4.68 Å². The van der Waals surface area contributed by atoms with Crippen molar-refractivity contribution in [3.05, 3.63) is 0 Å². The topological polar surface area (TPSA) is 58.9 Å². The van der Waals surface area contributed by atoms with Crippen LogP contribution in [-0.4, -0.2) is 64.1 Å². The van der Waals surface area contributed by atoms with Gasteiger partial charge in [0.1, 0.15) is 0 Å². The maximum Gasteiger partial charge on any atom is 0.209 e. The Balaban J connectivity index is 1.65. The van der Waals surface area contributed by atoms with Gasteiger partial charge in [-0.2, -0.15) is 0 Å². The molecule has 1 heterocycles. The molecule has 18 heavy (non-hydrogen) atoms. The van der Waals surface area contributed by atoms with Crippen molar-refractivity contribution < 1.29 is 0 Å². The highest BCUT2D eigenvalue weighted by molar-refractivity contribution is 7.99. The molecule has 0 bridgehead atoms. The zero-order valence-corrected chi connectivity index (χ0v) is 12.0. The molecule has 0 radical (unpaired) electrons. The van der Waals surface area contributed by atoms with Gasteiger partial charge in [0.15, 0.2) is 0 Å². The van der Waals surface area contributed by atoms with Gasteiger partial charge < -0.3 is 10.2 Å². The van der Waals surface area contributed by atoms with Crippen molar-refractivity contribution in [2.75, 3.05) is 32.9 Å². The molecule has 1 aromatic rings. The lowest BCUT2D eigenvalue weighted by atomic mass is 10.5. The van der Waals surface area contributed by atoms with Gasteiger partial charge in [-0.1, -0.05) is 11.8 Å². The van der Waals surface area contributed by atoms with Crippen LogP contribution in [0.3, 0.4) is 0 Å². The summed E-state index contributed by atoms with van der Waals surface area (Å²) in [5.74, 6) is 1.06. The van der Waals surface area contributed by atoms with Crippen LogP contribution in [0, 0.1) is 0 Å². The molecule has 1 fully saturated rings. The van der Waals surface area contributed by atoms with Gasteiger partial charge in [0, 0.05) is 18.3 Å². The first-order chi connectivity index (χ1) is 8.75. The Kier molecular flexibility index (Phi) is 5.40. The Labute approximate surface area is 112 Å². The van der Waals surface area contributed by atoms with E-state index in [1.165, 1.54) is 12.8 Å². The van der Waals surface area contributed by atoms with Gasteiger partial charge in [0.25, 0.3) is 0 Å². The number of hydrogen-bond acceptors (Lipinski definition) is 6. The monoisotopic (exact) mass is 270 g/mol. The number of nitrogens with one attached hydrogen (secondary N) is 1. The molecule has 102 valence electrons. The van der Waals surface area contributed by atoms with E-state index in [2.05, 4.69) is 39.8 Å². The zero-order valence-electron chi connectivity index (χ0n) is 11.2. The number of rotatable bonds is 9. The smallest absolute Gasteiger partial charge is 0.209 e. The lowest BCUT2D eigenvalue weighted by molar-refractivity contribution is 0.410. The normalized spacial score (nSPS) is 15.5. The molecule has 0 atom stereocenters. The molecule has 0 aliphatic heterocycles. The van der Waals surface area contributed by atoms with Gasteiger partial charge in [0.05, 0.1) is 6.54 Å². The van der Waals surface area contributed by atoms with Gasteiger partial charge in [0.2, 0.25) is 5.16 Å². The zero-order chi connectivity index (χ0) is 12.8. The summed E-state index contributed by atoms with van der Waals surface area (Å²) in [6, 6.07) is 0.748. The van der Waals surface area contributed by atoms with Crippen LogP contribution < -0.4 is 5.32 Å². The fraction of sp³-hybridized carbons (Fsp3) is 0.909. The fourth-order valence-electron chi connectivity index (χ4n) is 1.65. The van der Waals surface area contributed by atoms with Gasteiger partial charge >= 0.3 is 0 Å². The second-order valence-electron chi connectivity index (χ2n) is 4.92. The fourth-order valence-corrected chi connectivity index (χ4v) is 2.47. The van der Waals surface area contributed by atoms with Crippen LogP contribution in [0.2, 0.25) is 0 Å². The first kappa shape index (κ1) is 13.8. The van der Waals surface area contributed by atoms with Gasteiger partial charge in [-0.15, -0.1) is 5.10 Å². The lowest BCUT2D eigenvalue weighted by Gasteiger charge is -2.08. The van der Waals surface area contributed by atoms with E-state index in [0.717, 1.165) is 43.0 Å². The van der Waals surface area contributed by atoms with Crippen LogP contribution in [0.5, 0.6) is 0 Å². The molecule has 1 saturated carbocycles. The van der Waals surface area contributed by atoms with E-state index >= 15 is 0 Å². The van der Waals surface area contributed by atoms with Crippen LogP contribution in [0.15, 0.2) is 5.16 Å². The molecule has 0 unspecified atom stereocenters. The summed E-state index contributed by atoms with van der Waals surface area (Å²) >= 11 is 1.74. The average molecular weight is 270 g/mol. The predicted molar refractivity (Wildman–Crippen MR) is 72.7 cm³/mol. The van der Waals surface area contributed by atoms with Crippen molar-refractivity contribution in [2.24, 2.45) is 0 Å². The highest BCUT2D eigenvalue weighted by Crippen LogP contribution is 2.18. The summed E-state index contributed by atoms with van der Waals surface area (Å²) < 4.78 is 1.90. The number of aromatic nitrogens is 4.